The minimum Gasteiger partial charge on any atom is -0.481 e. The zero-order chi connectivity index (χ0) is 15.1. The minimum absolute atomic E-state index is 0.186. The van der Waals surface area contributed by atoms with E-state index in [1.165, 1.54) is 0 Å². The van der Waals surface area contributed by atoms with Crippen LogP contribution in [-0.2, 0) is 9.53 Å². The number of unbranched alkanes of at least 4 members (excludes halogenated alkanes) is 1. The molecule has 21 heavy (non-hydrogen) atoms. The van der Waals surface area contributed by atoms with Crippen molar-refractivity contribution in [3.05, 3.63) is 11.2 Å². The first kappa shape index (κ1) is 15.8. The second kappa shape index (κ2) is 7.99. The van der Waals surface area contributed by atoms with E-state index >= 15 is 0 Å². The zero-order valence-corrected chi connectivity index (χ0v) is 12.5. The first-order valence-corrected chi connectivity index (χ1v) is 7.36. The van der Waals surface area contributed by atoms with Gasteiger partial charge in [0.1, 0.15) is 11.0 Å². The van der Waals surface area contributed by atoms with Gasteiger partial charge in [-0.15, -0.1) is 0 Å². The van der Waals surface area contributed by atoms with E-state index in [0.29, 0.717) is 43.1 Å². The van der Waals surface area contributed by atoms with Crippen LogP contribution in [0.15, 0.2) is 6.07 Å². The molecule has 2 N–H and O–H groups in total. The summed E-state index contributed by atoms with van der Waals surface area (Å²) < 4.78 is 5.30. The van der Waals surface area contributed by atoms with Crippen molar-refractivity contribution in [3.8, 4) is 0 Å². The number of aromatic nitrogens is 2. The summed E-state index contributed by atoms with van der Waals surface area (Å²) in [7, 11) is 0. The van der Waals surface area contributed by atoms with Crippen LogP contribution in [0.2, 0.25) is 5.15 Å². The number of carboxylic acids is 1. The topological polar surface area (TPSA) is 87.6 Å². The summed E-state index contributed by atoms with van der Waals surface area (Å²) in [5.74, 6) is 0.486. The van der Waals surface area contributed by atoms with Crippen molar-refractivity contribution in [1.82, 2.24) is 9.97 Å². The highest BCUT2D eigenvalue weighted by Crippen LogP contribution is 2.18. The first-order chi connectivity index (χ1) is 10.1. The van der Waals surface area contributed by atoms with E-state index in [9.17, 15) is 4.79 Å². The molecule has 1 aliphatic heterocycles. The normalized spacial score (nSPS) is 15.0. The molecule has 1 aromatic rings. The molecular formula is C13H19ClN4O3. The van der Waals surface area contributed by atoms with Crippen molar-refractivity contribution in [3.63, 3.8) is 0 Å². The second-order valence-electron chi connectivity index (χ2n) is 4.75. The number of rotatable bonds is 7. The monoisotopic (exact) mass is 314 g/mol. The highest BCUT2D eigenvalue weighted by molar-refractivity contribution is 6.29. The van der Waals surface area contributed by atoms with Gasteiger partial charge in [-0.3, -0.25) is 4.79 Å². The highest BCUT2D eigenvalue weighted by atomic mass is 35.5. The van der Waals surface area contributed by atoms with Gasteiger partial charge in [0, 0.05) is 32.1 Å². The van der Waals surface area contributed by atoms with Gasteiger partial charge in [-0.05, 0) is 12.8 Å². The molecule has 0 unspecified atom stereocenters. The standard InChI is InChI=1S/C13H19ClN4O3/c14-10-9-11(15-4-2-1-3-12(19)20)17-13(16-10)18-5-7-21-8-6-18/h9H,1-8H2,(H,19,20)(H,15,16,17). The Bertz CT molecular complexity index is 480. The molecule has 7 nitrogen and oxygen atoms in total. The van der Waals surface area contributed by atoms with Crippen LogP contribution in [0.1, 0.15) is 19.3 Å². The molecule has 0 atom stereocenters. The van der Waals surface area contributed by atoms with E-state index in [1.807, 2.05) is 4.90 Å². The van der Waals surface area contributed by atoms with Crippen LogP contribution in [0.5, 0.6) is 0 Å². The summed E-state index contributed by atoms with van der Waals surface area (Å²) >= 11 is 6.02. The third kappa shape index (κ3) is 5.35. The first-order valence-electron chi connectivity index (χ1n) is 6.98. The molecule has 1 aromatic heterocycles. The lowest BCUT2D eigenvalue weighted by Gasteiger charge is -2.27. The Kier molecular flexibility index (Phi) is 6.01. The van der Waals surface area contributed by atoms with Crippen molar-refractivity contribution in [2.24, 2.45) is 0 Å². The van der Waals surface area contributed by atoms with Crippen LogP contribution in [0, 0.1) is 0 Å². The van der Waals surface area contributed by atoms with Gasteiger partial charge in [0.25, 0.3) is 0 Å². The molecule has 0 radical (unpaired) electrons. The summed E-state index contributed by atoms with van der Waals surface area (Å²) in [6.07, 6.45) is 1.59. The Morgan fingerprint density at radius 2 is 2.14 bits per heavy atom. The molecule has 0 amide bonds. The Morgan fingerprint density at radius 3 is 2.86 bits per heavy atom. The predicted octanol–water partition coefficient (Wildman–Crippen LogP) is 1.63. The van der Waals surface area contributed by atoms with Gasteiger partial charge in [-0.2, -0.15) is 4.98 Å². The van der Waals surface area contributed by atoms with Gasteiger partial charge in [-0.1, -0.05) is 11.6 Å². The van der Waals surface area contributed by atoms with Crippen LogP contribution in [-0.4, -0.2) is 53.9 Å². The van der Waals surface area contributed by atoms with Crippen LogP contribution < -0.4 is 10.2 Å². The molecule has 116 valence electrons. The van der Waals surface area contributed by atoms with Crippen molar-refractivity contribution in [1.29, 1.82) is 0 Å². The van der Waals surface area contributed by atoms with Crippen LogP contribution in [0.3, 0.4) is 0 Å². The number of ether oxygens (including phenoxy) is 1. The number of hydrogen-bond donors (Lipinski definition) is 2. The number of morpholine rings is 1. The van der Waals surface area contributed by atoms with Gasteiger partial charge in [0.05, 0.1) is 13.2 Å². The van der Waals surface area contributed by atoms with E-state index in [4.69, 9.17) is 21.4 Å². The number of halogens is 1. The summed E-state index contributed by atoms with van der Waals surface area (Å²) in [5, 5.41) is 12.1. The predicted molar refractivity (Wildman–Crippen MR) is 80.1 cm³/mol. The third-order valence-electron chi connectivity index (χ3n) is 3.10. The smallest absolute Gasteiger partial charge is 0.303 e. The van der Waals surface area contributed by atoms with Crippen LogP contribution in [0.25, 0.3) is 0 Å². The molecule has 8 heteroatoms. The van der Waals surface area contributed by atoms with Crippen molar-refractivity contribution >= 4 is 29.3 Å². The average Bonchev–Trinajstić information content (AvgIpc) is 2.47. The van der Waals surface area contributed by atoms with Crippen LogP contribution in [0.4, 0.5) is 11.8 Å². The van der Waals surface area contributed by atoms with Gasteiger partial charge >= 0.3 is 5.97 Å². The molecule has 0 bridgehead atoms. The summed E-state index contributed by atoms with van der Waals surface area (Å²) in [5.41, 5.74) is 0. The number of carbonyl (C=O) groups is 1. The summed E-state index contributed by atoms with van der Waals surface area (Å²) in [6.45, 7) is 3.47. The largest absolute Gasteiger partial charge is 0.481 e. The lowest BCUT2D eigenvalue weighted by molar-refractivity contribution is -0.137. The number of hydrogen-bond acceptors (Lipinski definition) is 6. The third-order valence-corrected chi connectivity index (χ3v) is 3.29. The maximum Gasteiger partial charge on any atom is 0.303 e. The molecule has 1 fully saturated rings. The number of aliphatic carboxylic acids is 1. The fraction of sp³-hybridized carbons (Fsp3) is 0.615. The molecule has 2 rings (SSSR count). The molecule has 0 aliphatic carbocycles. The second-order valence-corrected chi connectivity index (χ2v) is 5.14. The Balaban J connectivity index is 1.87. The van der Waals surface area contributed by atoms with Gasteiger partial charge < -0.3 is 20.1 Å². The number of carboxylic acid groups (broad SMARTS) is 1. The number of nitrogens with one attached hydrogen (secondary N) is 1. The Morgan fingerprint density at radius 1 is 1.38 bits per heavy atom. The quantitative estimate of drug-likeness (QED) is 0.584. The number of anilines is 2. The van der Waals surface area contributed by atoms with E-state index in [-0.39, 0.29) is 6.42 Å². The van der Waals surface area contributed by atoms with E-state index in [1.54, 1.807) is 6.07 Å². The van der Waals surface area contributed by atoms with Crippen molar-refractivity contribution < 1.29 is 14.6 Å². The molecule has 0 spiro atoms. The fourth-order valence-corrected chi connectivity index (χ4v) is 2.20. The van der Waals surface area contributed by atoms with Crippen molar-refractivity contribution in [2.75, 3.05) is 43.1 Å². The number of nitrogens with zero attached hydrogens (tertiary/aromatic N) is 3. The van der Waals surface area contributed by atoms with Gasteiger partial charge in [0.2, 0.25) is 5.95 Å². The molecule has 0 saturated carbocycles. The molecule has 1 aliphatic rings. The lowest BCUT2D eigenvalue weighted by Crippen LogP contribution is -2.37. The Labute approximate surface area is 128 Å². The van der Waals surface area contributed by atoms with Gasteiger partial charge in [0.15, 0.2) is 0 Å². The summed E-state index contributed by atoms with van der Waals surface area (Å²) in [6, 6.07) is 1.67. The zero-order valence-electron chi connectivity index (χ0n) is 11.7. The van der Waals surface area contributed by atoms with E-state index in [0.717, 1.165) is 19.5 Å². The maximum atomic E-state index is 10.4. The molecular weight excluding hydrogens is 296 g/mol. The SMILES string of the molecule is O=C(O)CCCCNc1cc(Cl)nc(N2CCOCC2)n1. The summed E-state index contributed by atoms with van der Waals surface area (Å²) in [4.78, 5) is 21.1. The Hall–Kier alpha value is -1.60. The van der Waals surface area contributed by atoms with Gasteiger partial charge in [-0.25, -0.2) is 4.98 Å². The average molecular weight is 315 g/mol. The van der Waals surface area contributed by atoms with Crippen molar-refractivity contribution in [2.45, 2.75) is 19.3 Å². The fourth-order valence-electron chi connectivity index (χ4n) is 2.02. The maximum absolute atomic E-state index is 10.4. The van der Waals surface area contributed by atoms with E-state index in [2.05, 4.69) is 15.3 Å². The molecule has 1 saturated heterocycles. The molecule has 0 aromatic carbocycles. The highest BCUT2D eigenvalue weighted by Gasteiger charge is 2.15. The lowest BCUT2D eigenvalue weighted by atomic mass is 10.2. The minimum atomic E-state index is -0.769. The van der Waals surface area contributed by atoms with Crippen LogP contribution >= 0.6 is 11.6 Å². The van der Waals surface area contributed by atoms with E-state index < -0.39 is 5.97 Å². The molecule has 2 heterocycles.